The van der Waals surface area contributed by atoms with Crippen molar-refractivity contribution in [3.8, 4) is 5.88 Å². The molecule has 1 aromatic rings. The van der Waals surface area contributed by atoms with E-state index >= 15 is 0 Å². The molecule has 1 rings (SSSR count). The zero-order valence-electron chi connectivity index (χ0n) is 8.63. The number of hydrogen-bond acceptors (Lipinski definition) is 3. The quantitative estimate of drug-likeness (QED) is 0.795. The number of nitrogens with two attached hydrogens (primary N) is 1. The van der Waals surface area contributed by atoms with Crippen molar-refractivity contribution in [1.82, 2.24) is 4.98 Å². The van der Waals surface area contributed by atoms with Crippen molar-refractivity contribution in [1.29, 1.82) is 0 Å². The molecule has 0 aliphatic rings. The van der Waals surface area contributed by atoms with E-state index in [4.69, 9.17) is 10.5 Å². The fourth-order valence-electron chi connectivity index (χ4n) is 1.11. The number of pyridine rings is 1. The summed E-state index contributed by atoms with van der Waals surface area (Å²) in [6.07, 6.45) is -3.53. The van der Waals surface area contributed by atoms with E-state index in [9.17, 15) is 13.2 Å². The van der Waals surface area contributed by atoms with Crippen LogP contribution in [0.25, 0.3) is 0 Å². The summed E-state index contributed by atoms with van der Waals surface area (Å²) in [5.74, 6) is 0.310. The van der Waals surface area contributed by atoms with Gasteiger partial charge in [-0.05, 0) is 18.1 Å². The van der Waals surface area contributed by atoms with Crippen LogP contribution in [0.5, 0.6) is 5.88 Å². The summed E-state index contributed by atoms with van der Waals surface area (Å²) in [7, 11) is 0. The molecule has 0 fully saturated rings. The summed E-state index contributed by atoms with van der Waals surface area (Å²) in [6, 6.07) is 3.34. The Hall–Kier alpha value is -1.30. The molecule has 16 heavy (non-hydrogen) atoms. The standard InChI is InChI=1S/C10H13F3N2O/c11-10(12,13)3-1-5-16-9-6-8(7-14)2-4-15-9/h2,4,6H,1,3,5,7,14H2. The van der Waals surface area contributed by atoms with Crippen LogP contribution in [0.1, 0.15) is 18.4 Å². The molecular weight excluding hydrogens is 221 g/mol. The summed E-state index contributed by atoms with van der Waals surface area (Å²) in [6.45, 7) is 0.349. The Morgan fingerprint density at radius 3 is 2.75 bits per heavy atom. The Morgan fingerprint density at radius 2 is 2.12 bits per heavy atom. The molecule has 0 spiro atoms. The van der Waals surface area contributed by atoms with E-state index < -0.39 is 12.6 Å². The van der Waals surface area contributed by atoms with Crippen molar-refractivity contribution in [2.45, 2.75) is 25.6 Å². The third kappa shape index (κ3) is 4.97. The lowest BCUT2D eigenvalue weighted by Crippen LogP contribution is -2.10. The van der Waals surface area contributed by atoms with Crippen molar-refractivity contribution in [3.05, 3.63) is 23.9 Å². The van der Waals surface area contributed by atoms with Crippen LogP contribution in [0, 0.1) is 0 Å². The molecule has 1 aromatic heterocycles. The average molecular weight is 234 g/mol. The first-order valence-corrected chi connectivity index (χ1v) is 4.86. The smallest absolute Gasteiger partial charge is 0.389 e. The minimum Gasteiger partial charge on any atom is -0.478 e. The third-order valence-electron chi connectivity index (χ3n) is 1.89. The topological polar surface area (TPSA) is 48.1 Å². The molecule has 1 heterocycles. The highest BCUT2D eigenvalue weighted by molar-refractivity contribution is 5.19. The average Bonchev–Trinajstić information content (AvgIpc) is 2.23. The van der Waals surface area contributed by atoms with Crippen LogP contribution in [0.3, 0.4) is 0 Å². The van der Waals surface area contributed by atoms with Gasteiger partial charge < -0.3 is 10.5 Å². The van der Waals surface area contributed by atoms with Crippen LogP contribution < -0.4 is 10.5 Å². The second-order valence-electron chi connectivity index (χ2n) is 3.27. The number of alkyl halides is 3. The van der Waals surface area contributed by atoms with Gasteiger partial charge in [0.05, 0.1) is 6.61 Å². The maximum absolute atomic E-state index is 11.8. The second-order valence-corrected chi connectivity index (χ2v) is 3.27. The molecule has 0 atom stereocenters. The lowest BCUT2D eigenvalue weighted by molar-refractivity contribution is -0.136. The molecule has 0 saturated heterocycles. The Morgan fingerprint density at radius 1 is 1.38 bits per heavy atom. The molecular formula is C10H13F3N2O. The molecule has 2 N–H and O–H groups in total. The molecule has 90 valence electrons. The molecule has 0 aliphatic carbocycles. The number of aromatic nitrogens is 1. The van der Waals surface area contributed by atoms with Crippen LogP contribution >= 0.6 is 0 Å². The van der Waals surface area contributed by atoms with Gasteiger partial charge in [0.1, 0.15) is 0 Å². The highest BCUT2D eigenvalue weighted by Crippen LogP contribution is 2.21. The SMILES string of the molecule is NCc1ccnc(OCCCC(F)(F)F)c1. The van der Waals surface area contributed by atoms with Gasteiger partial charge >= 0.3 is 6.18 Å². The molecule has 6 heteroatoms. The summed E-state index contributed by atoms with van der Waals surface area (Å²) in [5.41, 5.74) is 6.23. The van der Waals surface area contributed by atoms with Gasteiger partial charge in [-0.25, -0.2) is 4.98 Å². The first-order valence-electron chi connectivity index (χ1n) is 4.86. The van der Waals surface area contributed by atoms with Gasteiger partial charge in [-0.3, -0.25) is 0 Å². The zero-order chi connectivity index (χ0) is 12.0. The summed E-state index contributed by atoms with van der Waals surface area (Å²) in [4.78, 5) is 3.86. The molecule has 0 aliphatic heterocycles. The molecule has 0 amide bonds. The lowest BCUT2D eigenvalue weighted by Gasteiger charge is -2.08. The van der Waals surface area contributed by atoms with Crippen molar-refractivity contribution in [2.24, 2.45) is 5.73 Å². The van der Waals surface area contributed by atoms with E-state index in [0.717, 1.165) is 5.56 Å². The van der Waals surface area contributed by atoms with Crippen molar-refractivity contribution in [3.63, 3.8) is 0 Å². The Bertz CT molecular complexity index is 328. The summed E-state index contributed by atoms with van der Waals surface area (Å²) >= 11 is 0. The lowest BCUT2D eigenvalue weighted by atomic mass is 10.3. The Labute approximate surface area is 91.4 Å². The third-order valence-corrected chi connectivity index (χ3v) is 1.89. The van der Waals surface area contributed by atoms with Crippen molar-refractivity contribution >= 4 is 0 Å². The van der Waals surface area contributed by atoms with Crippen molar-refractivity contribution < 1.29 is 17.9 Å². The van der Waals surface area contributed by atoms with E-state index in [1.54, 1.807) is 12.1 Å². The molecule has 0 aromatic carbocycles. The van der Waals surface area contributed by atoms with Gasteiger partial charge in [-0.2, -0.15) is 13.2 Å². The summed E-state index contributed by atoms with van der Waals surface area (Å²) < 4.78 is 40.5. The number of hydrogen-bond donors (Lipinski definition) is 1. The Balaban J connectivity index is 2.32. The van der Waals surface area contributed by atoms with Gasteiger partial charge in [0.25, 0.3) is 0 Å². The largest absolute Gasteiger partial charge is 0.478 e. The molecule has 0 radical (unpaired) electrons. The predicted molar refractivity (Wildman–Crippen MR) is 52.9 cm³/mol. The maximum atomic E-state index is 11.8. The maximum Gasteiger partial charge on any atom is 0.389 e. The molecule has 0 unspecified atom stereocenters. The van der Waals surface area contributed by atoms with Crippen LogP contribution in [-0.2, 0) is 6.54 Å². The van der Waals surface area contributed by atoms with E-state index in [0.29, 0.717) is 12.4 Å². The van der Waals surface area contributed by atoms with Crippen LogP contribution in [0.4, 0.5) is 13.2 Å². The van der Waals surface area contributed by atoms with Crippen LogP contribution in [0.15, 0.2) is 18.3 Å². The van der Waals surface area contributed by atoms with Crippen LogP contribution in [-0.4, -0.2) is 17.8 Å². The highest BCUT2D eigenvalue weighted by Gasteiger charge is 2.26. The number of ether oxygens (including phenoxy) is 1. The first-order chi connectivity index (χ1) is 7.51. The second kappa shape index (κ2) is 5.69. The van der Waals surface area contributed by atoms with Gasteiger partial charge in [0, 0.05) is 25.2 Å². The number of nitrogens with zero attached hydrogens (tertiary/aromatic N) is 1. The summed E-state index contributed by atoms with van der Waals surface area (Å²) in [5, 5.41) is 0. The minimum atomic E-state index is -4.13. The molecule has 0 saturated carbocycles. The molecule has 0 bridgehead atoms. The van der Waals surface area contributed by atoms with Crippen LogP contribution in [0.2, 0.25) is 0 Å². The van der Waals surface area contributed by atoms with Crippen molar-refractivity contribution in [2.75, 3.05) is 6.61 Å². The monoisotopic (exact) mass is 234 g/mol. The van der Waals surface area contributed by atoms with E-state index in [-0.39, 0.29) is 13.0 Å². The Kier molecular flexibility index (Phi) is 4.54. The predicted octanol–water partition coefficient (Wildman–Crippen LogP) is 2.26. The fraction of sp³-hybridized carbons (Fsp3) is 0.500. The van der Waals surface area contributed by atoms with Gasteiger partial charge in [0.15, 0.2) is 0 Å². The van der Waals surface area contributed by atoms with E-state index in [2.05, 4.69) is 4.98 Å². The number of halogens is 3. The van der Waals surface area contributed by atoms with E-state index in [1.165, 1.54) is 6.20 Å². The number of rotatable bonds is 5. The zero-order valence-corrected chi connectivity index (χ0v) is 8.63. The normalized spacial score (nSPS) is 11.5. The highest BCUT2D eigenvalue weighted by atomic mass is 19.4. The fourth-order valence-corrected chi connectivity index (χ4v) is 1.11. The minimum absolute atomic E-state index is 0.000531. The van der Waals surface area contributed by atoms with Gasteiger partial charge in [0.2, 0.25) is 5.88 Å². The first kappa shape index (κ1) is 12.8. The van der Waals surface area contributed by atoms with Gasteiger partial charge in [-0.15, -0.1) is 0 Å². The van der Waals surface area contributed by atoms with E-state index in [1.807, 2.05) is 0 Å². The van der Waals surface area contributed by atoms with Gasteiger partial charge in [-0.1, -0.05) is 0 Å². The molecule has 3 nitrogen and oxygen atoms in total.